The molecule has 0 spiro atoms. The van der Waals surface area contributed by atoms with Crippen LogP contribution < -0.4 is 15.4 Å². The molecule has 2 rings (SSSR count). The van der Waals surface area contributed by atoms with Gasteiger partial charge in [-0.1, -0.05) is 31.5 Å². The molecular formula is C20H33IN6O. The summed E-state index contributed by atoms with van der Waals surface area (Å²) >= 11 is 0. The van der Waals surface area contributed by atoms with E-state index >= 15 is 0 Å². The van der Waals surface area contributed by atoms with Crippen LogP contribution in [0.4, 0.5) is 0 Å². The molecule has 2 aromatic rings. The molecule has 1 unspecified atom stereocenters. The summed E-state index contributed by atoms with van der Waals surface area (Å²) < 4.78 is 7.82. The molecule has 8 heteroatoms. The van der Waals surface area contributed by atoms with E-state index in [4.69, 9.17) is 4.74 Å². The Hall–Kier alpha value is -1.84. The second-order valence-corrected chi connectivity index (χ2v) is 6.57. The lowest BCUT2D eigenvalue weighted by molar-refractivity contribution is 0.321. The molecule has 0 radical (unpaired) electrons. The van der Waals surface area contributed by atoms with Crippen LogP contribution in [0.2, 0.25) is 0 Å². The first kappa shape index (κ1) is 24.2. The minimum absolute atomic E-state index is 0. The highest BCUT2D eigenvalue weighted by Gasteiger charge is 2.05. The van der Waals surface area contributed by atoms with Crippen LogP contribution in [0, 0.1) is 6.92 Å². The SMILES string of the molecule is CCc1nncn1CCN=C(NCCOc1ccc(C)cc1)NC(C)CC.I. The second-order valence-electron chi connectivity index (χ2n) is 6.57. The average Bonchev–Trinajstić information content (AvgIpc) is 3.13. The highest BCUT2D eigenvalue weighted by atomic mass is 127. The topological polar surface area (TPSA) is 76.4 Å². The molecule has 0 saturated heterocycles. The normalized spacial score (nSPS) is 12.2. The van der Waals surface area contributed by atoms with Crippen molar-refractivity contribution in [2.24, 2.45) is 4.99 Å². The van der Waals surface area contributed by atoms with E-state index in [0.29, 0.717) is 25.7 Å². The number of nitrogens with one attached hydrogen (secondary N) is 2. The van der Waals surface area contributed by atoms with Crippen LogP contribution in [0.15, 0.2) is 35.6 Å². The van der Waals surface area contributed by atoms with Gasteiger partial charge in [0.15, 0.2) is 5.96 Å². The van der Waals surface area contributed by atoms with Gasteiger partial charge < -0.3 is 19.9 Å². The van der Waals surface area contributed by atoms with Gasteiger partial charge in [-0.3, -0.25) is 4.99 Å². The summed E-state index contributed by atoms with van der Waals surface area (Å²) in [4.78, 5) is 4.68. The zero-order valence-electron chi connectivity index (χ0n) is 17.3. The van der Waals surface area contributed by atoms with Gasteiger partial charge in [0.25, 0.3) is 0 Å². The number of ether oxygens (including phenoxy) is 1. The van der Waals surface area contributed by atoms with E-state index in [1.165, 1.54) is 5.56 Å². The quantitative estimate of drug-likeness (QED) is 0.227. The number of aryl methyl sites for hydroxylation is 2. The first-order valence-corrected chi connectivity index (χ1v) is 9.73. The van der Waals surface area contributed by atoms with E-state index in [1.807, 2.05) is 16.7 Å². The molecule has 1 aromatic carbocycles. The fourth-order valence-corrected chi connectivity index (χ4v) is 2.47. The first-order chi connectivity index (χ1) is 13.1. The maximum Gasteiger partial charge on any atom is 0.191 e. The molecule has 156 valence electrons. The van der Waals surface area contributed by atoms with E-state index < -0.39 is 0 Å². The first-order valence-electron chi connectivity index (χ1n) is 9.73. The van der Waals surface area contributed by atoms with Crippen LogP contribution in [0.25, 0.3) is 0 Å². The zero-order valence-corrected chi connectivity index (χ0v) is 19.6. The Morgan fingerprint density at radius 2 is 2.00 bits per heavy atom. The standard InChI is InChI=1S/C20H32N6O.HI/c1-5-17(4)24-20(21-11-13-26-15-23-25-19(26)6-2)22-12-14-27-18-9-7-16(3)8-10-18;/h7-10,15,17H,5-6,11-14H2,1-4H3,(H2,21,22,24);1H. The molecule has 0 aliphatic heterocycles. The van der Waals surface area contributed by atoms with Crippen molar-refractivity contribution in [1.82, 2.24) is 25.4 Å². The lowest BCUT2D eigenvalue weighted by Gasteiger charge is -2.17. The fraction of sp³-hybridized carbons (Fsp3) is 0.550. The molecule has 1 aromatic heterocycles. The van der Waals surface area contributed by atoms with Crippen molar-refractivity contribution < 1.29 is 4.74 Å². The number of benzene rings is 1. The number of halogens is 1. The van der Waals surface area contributed by atoms with Crippen LogP contribution in [-0.2, 0) is 13.0 Å². The fourth-order valence-electron chi connectivity index (χ4n) is 2.47. The Kier molecular flexibility index (Phi) is 11.5. The van der Waals surface area contributed by atoms with Crippen LogP contribution >= 0.6 is 24.0 Å². The van der Waals surface area contributed by atoms with Gasteiger partial charge in [-0.15, -0.1) is 34.2 Å². The maximum absolute atomic E-state index is 5.77. The summed E-state index contributed by atoms with van der Waals surface area (Å²) in [5, 5.41) is 14.8. The monoisotopic (exact) mass is 500 g/mol. The van der Waals surface area contributed by atoms with Crippen LogP contribution in [-0.4, -0.2) is 46.5 Å². The van der Waals surface area contributed by atoms with Crippen molar-refractivity contribution in [1.29, 1.82) is 0 Å². The number of nitrogens with zero attached hydrogens (tertiary/aromatic N) is 4. The third-order valence-corrected chi connectivity index (χ3v) is 4.30. The predicted molar refractivity (Wildman–Crippen MR) is 125 cm³/mol. The van der Waals surface area contributed by atoms with Crippen molar-refractivity contribution >= 4 is 29.9 Å². The molecule has 7 nitrogen and oxygen atoms in total. The maximum atomic E-state index is 5.77. The number of aliphatic imine (C=N–C) groups is 1. The van der Waals surface area contributed by atoms with Crippen LogP contribution in [0.5, 0.6) is 5.75 Å². The van der Waals surface area contributed by atoms with Gasteiger partial charge in [0.05, 0.1) is 13.1 Å². The molecule has 1 heterocycles. The van der Waals surface area contributed by atoms with Gasteiger partial charge in [0.1, 0.15) is 24.5 Å². The van der Waals surface area contributed by atoms with E-state index in [2.05, 4.69) is 65.7 Å². The lowest BCUT2D eigenvalue weighted by atomic mass is 10.2. The number of hydrogen-bond acceptors (Lipinski definition) is 4. The largest absolute Gasteiger partial charge is 0.492 e. The van der Waals surface area contributed by atoms with E-state index in [-0.39, 0.29) is 24.0 Å². The summed E-state index contributed by atoms with van der Waals surface area (Å²) in [5.41, 5.74) is 1.23. The minimum Gasteiger partial charge on any atom is -0.492 e. The highest BCUT2D eigenvalue weighted by Crippen LogP contribution is 2.10. The molecule has 0 fully saturated rings. The number of guanidine groups is 1. The average molecular weight is 500 g/mol. The number of aromatic nitrogens is 3. The predicted octanol–water partition coefficient (Wildman–Crippen LogP) is 3.18. The van der Waals surface area contributed by atoms with Gasteiger partial charge in [-0.2, -0.15) is 0 Å². The zero-order chi connectivity index (χ0) is 19.5. The van der Waals surface area contributed by atoms with Crippen LogP contribution in [0.3, 0.4) is 0 Å². The molecule has 1 atom stereocenters. The van der Waals surface area contributed by atoms with Gasteiger partial charge in [0, 0.05) is 19.0 Å². The number of rotatable bonds is 10. The summed E-state index contributed by atoms with van der Waals surface area (Å²) in [6, 6.07) is 8.44. The van der Waals surface area contributed by atoms with E-state index in [9.17, 15) is 0 Å². The molecular weight excluding hydrogens is 467 g/mol. The molecule has 0 amide bonds. The van der Waals surface area contributed by atoms with E-state index in [0.717, 1.165) is 36.9 Å². The summed E-state index contributed by atoms with van der Waals surface area (Å²) in [6.45, 7) is 11.1. The Bertz CT molecular complexity index is 701. The van der Waals surface area contributed by atoms with Crippen molar-refractivity contribution in [3.8, 4) is 5.75 Å². The molecule has 28 heavy (non-hydrogen) atoms. The molecule has 0 saturated carbocycles. The molecule has 0 bridgehead atoms. The highest BCUT2D eigenvalue weighted by molar-refractivity contribution is 14.0. The second kappa shape index (κ2) is 13.4. The summed E-state index contributed by atoms with van der Waals surface area (Å²) in [7, 11) is 0. The third kappa shape index (κ3) is 8.45. The van der Waals surface area contributed by atoms with Gasteiger partial charge >= 0.3 is 0 Å². The van der Waals surface area contributed by atoms with Gasteiger partial charge in [-0.05, 0) is 32.4 Å². The van der Waals surface area contributed by atoms with Crippen molar-refractivity contribution in [2.45, 2.75) is 53.1 Å². The Balaban J connectivity index is 0.00000392. The molecule has 0 aliphatic carbocycles. The Morgan fingerprint density at radius 3 is 2.68 bits per heavy atom. The van der Waals surface area contributed by atoms with Crippen LogP contribution in [0.1, 0.15) is 38.6 Å². The summed E-state index contributed by atoms with van der Waals surface area (Å²) in [5.74, 6) is 2.68. The molecule has 0 aliphatic rings. The molecule has 2 N–H and O–H groups in total. The smallest absolute Gasteiger partial charge is 0.191 e. The van der Waals surface area contributed by atoms with E-state index in [1.54, 1.807) is 6.33 Å². The minimum atomic E-state index is 0. The third-order valence-electron chi connectivity index (χ3n) is 4.30. The Labute approximate surface area is 185 Å². The lowest BCUT2D eigenvalue weighted by Crippen LogP contribution is -2.43. The van der Waals surface area contributed by atoms with Crippen molar-refractivity contribution in [3.63, 3.8) is 0 Å². The van der Waals surface area contributed by atoms with Crippen molar-refractivity contribution in [2.75, 3.05) is 19.7 Å². The summed E-state index contributed by atoms with van der Waals surface area (Å²) in [6.07, 6.45) is 3.67. The Morgan fingerprint density at radius 1 is 1.25 bits per heavy atom. The van der Waals surface area contributed by atoms with Crippen molar-refractivity contribution in [3.05, 3.63) is 42.0 Å². The van der Waals surface area contributed by atoms with Gasteiger partial charge in [-0.25, -0.2) is 0 Å². The number of hydrogen-bond donors (Lipinski definition) is 2. The van der Waals surface area contributed by atoms with Gasteiger partial charge in [0.2, 0.25) is 0 Å².